The lowest BCUT2D eigenvalue weighted by molar-refractivity contribution is -0.148. The summed E-state index contributed by atoms with van der Waals surface area (Å²) in [5.41, 5.74) is 1.24. The van der Waals surface area contributed by atoms with Gasteiger partial charge in [-0.1, -0.05) is 30.3 Å². The average Bonchev–Trinajstić information content (AvgIpc) is 3.39. The molecular formula is C22H33N2O5PS2. The molecule has 0 radical (unpaired) electrons. The number of hydrogen-bond donors (Lipinski definition) is 2. The van der Waals surface area contributed by atoms with Crippen molar-refractivity contribution >= 4 is 42.9 Å². The summed E-state index contributed by atoms with van der Waals surface area (Å²) in [5.74, 6) is 0.626. The van der Waals surface area contributed by atoms with E-state index in [4.69, 9.17) is 4.52 Å². The maximum atomic E-state index is 13.4. The zero-order chi connectivity index (χ0) is 23.2. The molecule has 0 aliphatic carbocycles. The van der Waals surface area contributed by atoms with Gasteiger partial charge in [0.15, 0.2) is 0 Å². The summed E-state index contributed by atoms with van der Waals surface area (Å²) >= 11 is 3.49. The van der Waals surface area contributed by atoms with E-state index in [1.807, 2.05) is 18.2 Å². The summed E-state index contributed by atoms with van der Waals surface area (Å²) in [5, 5.41) is 12.6. The number of carboxylic acids is 1. The third-order valence-corrected chi connectivity index (χ3v) is 11.6. The molecule has 0 aromatic heterocycles. The molecule has 1 spiro atoms. The number of aryl methyl sites for hydroxylation is 1. The Bertz CT molecular complexity index is 835. The summed E-state index contributed by atoms with van der Waals surface area (Å²) in [7, 11) is -3.22. The molecular weight excluding hydrogens is 467 g/mol. The number of thioether (sulfide) groups is 2. The van der Waals surface area contributed by atoms with E-state index in [9.17, 15) is 19.3 Å². The van der Waals surface area contributed by atoms with E-state index >= 15 is 0 Å². The van der Waals surface area contributed by atoms with Crippen LogP contribution in [-0.2, 0) is 25.1 Å². The van der Waals surface area contributed by atoms with Gasteiger partial charge in [-0.3, -0.25) is 9.36 Å². The van der Waals surface area contributed by atoms with Gasteiger partial charge in [0, 0.05) is 30.6 Å². The number of carbonyl (C=O) groups excluding carboxylic acids is 1. The maximum Gasteiger partial charge on any atom is 0.326 e. The van der Waals surface area contributed by atoms with Gasteiger partial charge in [0.05, 0.1) is 16.7 Å². The van der Waals surface area contributed by atoms with Crippen LogP contribution in [0.15, 0.2) is 30.3 Å². The lowest BCUT2D eigenvalue weighted by Crippen LogP contribution is -2.49. The van der Waals surface area contributed by atoms with Crippen molar-refractivity contribution in [3.63, 3.8) is 0 Å². The second-order valence-electron chi connectivity index (χ2n) is 8.24. The van der Waals surface area contributed by atoms with Crippen molar-refractivity contribution in [1.82, 2.24) is 9.99 Å². The van der Waals surface area contributed by atoms with E-state index < -0.39 is 25.6 Å². The molecule has 2 aliphatic heterocycles. The number of aliphatic carboxylic acids is 1. The molecule has 0 bridgehead atoms. The van der Waals surface area contributed by atoms with E-state index in [0.29, 0.717) is 25.5 Å². The number of carbonyl (C=O) groups is 2. The Morgan fingerprint density at radius 1 is 1.28 bits per heavy atom. The molecule has 3 rings (SSSR count). The quantitative estimate of drug-likeness (QED) is 0.347. The van der Waals surface area contributed by atoms with E-state index in [0.717, 1.165) is 24.3 Å². The summed E-state index contributed by atoms with van der Waals surface area (Å²) < 4.78 is 18.7. The predicted molar refractivity (Wildman–Crippen MR) is 131 cm³/mol. The molecule has 2 aliphatic rings. The van der Waals surface area contributed by atoms with Crippen LogP contribution in [0.3, 0.4) is 0 Å². The van der Waals surface area contributed by atoms with Gasteiger partial charge in [0.25, 0.3) is 7.52 Å². The lowest BCUT2D eigenvalue weighted by atomic mass is 10.1. The highest BCUT2D eigenvalue weighted by molar-refractivity contribution is 8.21. The number of likely N-dealkylation sites (tertiary alicyclic amines) is 1. The van der Waals surface area contributed by atoms with Crippen LogP contribution in [-0.4, -0.2) is 68.9 Å². The third kappa shape index (κ3) is 6.54. The second kappa shape index (κ2) is 11.4. The first-order valence-corrected chi connectivity index (χ1v) is 14.9. The third-order valence-electron chi connectivity index (χ3n) is 5.78. The van der Waals surface area contributed by atoms with Crippen LogP contribution in [0.1, 0.15) is 38.7 Å². The lowest BCUT2D eigenvalue weighted by Gasteiger charge is -2.28. The fourth-order valence-corrected chi connectivity index (χ4v) is 9.61. The smallest absolute Gasteiger partial charge is 0.326 e. The molecule has 0 saturated carbocycles. The van der Waals surface area contributed by atoms with Crippen LogP contribution >= 0.6 is 31.0 Å². The summed E-state index contributed by atoms with van der Waals surface area (Å²) in [6, 6.07) is 8.51. The van der Waals surface area contributed by atoms with Gasteiger partial charge in [-0.05, 0) is 38.7 Å². The molecule has 3 atom stereocenters. The Balaban J connectivity index is 1.58. The molecule has 1 unspecified atom stereocenters. The van der Waals surface area contributed by atoms with Crippen LogP contribution in [0.5, 0.6) is 0 Å². The normalized spacial score (nSPS) is 22.7. The SMILES string of the molecule is CCOP(=O)(CCCCc1ccccc1)N[C@@H](C)C(=O)N1CC2(C[C@H]1C(=O)O)SCCS2. The van der Waals surface area contributed by atoms with Gasteiger partial charge in [-0.15, -0.1) is 23.5 Å². The Labute approximate surface area is 198 Å². The standard InChI is InChI=1S/C22H33N2O5PS2/c1-3-29-30(28,12-8-7-11-18-9-5-4-6-10-18)23-17(2)20(25)24-16-22(31-13-14-32-22)15-19(24)21(26)27/h4-6,9-10,17,19H,3,7-8,11-16H2,1-2H3,(H,23,28)(H,26,27)/t17-,19-,30?/m0/s1. The highest BCUT2D eigenvalue weighted by Crippen LogP contribution is 2.52. The van der Waals surface area contributed by atoms with Gasteiger partial charge >= 0.3 is 5.97 Å². The average molecular weight is 501 g/mol. The Hall–Kier alpha value is -0.990. The largest absolute Gasteiger partial charge is 0.480 e. The summed E-state index contributed by atoms with van der Waals surface area (Å²) in [4.78, 5) is 26.5. The van der Waals surface area contributed by atoms with Gasteiger partial charge < -0.3 is 14.5 Å². The van der Waals surface area contributed by atoms with Gasteiger partial charge in [-0.2, -0.15) is 0 Å². The number of carboxylic acid groups (broad SMARTS) is 1. The number of amides is 1. The molecule has 178 valence electrons. The molecule has 7 nitrogen and oxygen atoms in total. The molecule has 2 fully saturated rings. The molecule has 2 heterocycles. The van der Waals surface area contributed by atoms with Crippen LogP contribution < -0.4 is 5.09 Å². The van der Waals surface area contributed by atoms with Gasteiger partial charge in [0.2, 0.25) is 5.91 Å². The number of unbranched alkanes of at least 4 members (excludes halogenated alkanes) is 1. The number of nitrogens with zero attached hydrogens (tertiary/aromatic N) is 1. The van der Waals surface area contributed by atoms with Gasteiger partial charge in [-0.25, -0.2) is 9.88 Å². The number of rotatable bonds is 11. The van der Waals surface area contributed by atoms with Crippen molar-refractivity contribution in [3.8, 4) is 0 Å². The fraction of sp³-hybridized carbons (Fsp3) is 0.636. The minimum Gasteiger partial charge on any atom is -0.480 e. The maximum absolute atomic E-state index is 13.4. The Kier molecular flexibility index (Phi) is 9.15. The zero-order valence-electron chi connectivity index (χ0n) is 18.7. The van der Waals surface area contributed by atoms with Crippen LogP contribution in [0, 0.1) is 0 Å². The minimum absolute atomic E-state index is 0.237. The first kappa shape index (κ1) is 25.6. The van der Waals surface area contributed by atoms with Crippen molar-refractivity contribution in [3.05, 3.63) is 35.9 Å². The number of benzene rings is 1. The molecule has 10 heteroatoms. The first-order chi connectivity index (χ1) is 15.3. The zero-order valence-corrected chi connectivity index (χ0v) is 21.2. The monoisotopic (exact) mass is 500 g/mol. The Morgan fingerprint density at radius 3 is 2.59 bits per heavy atom. The molecule has 1 aromatic rings. The molecule has 2 N–H and O–H groups in total. The van der Waals surface area contributed by atoms with E-state index in [1.54, 1.807) is 37.4 Å². The van der Waals surface area contributed by atoms with Crippen LogP contribution in [0.25, 0.3) is 0 Å². The molecule has 2 saturated heterocycles. The number of nitrogens with one attached hydrogen (secondary N) is 1. The summed E-state index contributed by atoms with van der Waals surface area (Å²) in [6.45, 7) is 4.11. The highest BCUT2D eigenvalue weighted by Gasteiger charge is 2.52. The second-order valence-corrected chi connectivity index (χ2v) is 13.8. The van der Waals surface area contributed by atoms with Gasteiger partial charge in [0.1, 0.15) is 6.04 Å². The van der Waals surface area contributed by atoms with Crippen molar-refractivity contribution in [2.24, 2.45) is 0 Å². The minimum atomic E-state index is -3.22. The highest BCUT2D eigenvalue weighted by atomic mass is 32.2. The fourth-order valence-electron chi connectivity index (χ4n) is 4.27. The van der Waals surface area contributed by atoms with E-state index in [2.05, 4.69) is 17.2 Å². The van der Waals surface area contributed by atoms with E-state index in [-0.39, 0.29) is 16.6 Å². The predicted octanol–water partition coefficient (Wildman–Crippen LogP) is 4.08. The summed E-state index contributed by atoms with van der Waals surface area (Å²) in [6.07, 6.45) is 3.25. The number of hydrogen-bond acceptors (Lipinski definition) is 6. The molecule has 32 heavy (non-hydrogen) atoms. The van der Waals surface area contributed by atoms with Crippen LogP contribution in [0.2, 0.25) is 0 Å². The Morgan fingerprint density at radius 2 is 1.97 bits per heavy atom. The van der Waals surface area contributed by atoms with E-state index in [1.165, 1.54) is 10.5 Å². The van der Waals surface area contributed by atoms with Crippen molar-refractivity contribution < 1.29 is 23.8 Å². The first-order valence-electron chi connectivity index (χ1n) is 11.1. The van der Waals surface area contributed by atoms with Crippen molar-refractivity contribution in [2.75, 3.05) is 30.8 Å². The van der Waals surface area contributed by atoms with Crippen molar-refractivity contribution in [2.45, 2.75) is 55.7 Å². The van der Waals surface area contributed by atoms with Crippen molar-refractivity contribution in [1.29, 1.82) is 0 Å². The molecule has 1 aromatic carbocycles. The topological polar surface area (TPSA) is 95.9 Å². The molecule has 1 amide bonds. The van der Waals surface area contributed by atoms with Crippen LogP contribution in [0.4, 0.5) is 0 Å².